The molecule has 0 radical (unpaired) electrons. The summed E-state index contributed by atoms with van der Waals surface area (Å²) in [6.07, 6.45) is 1.28. The van der Waals surface area contributed by atoms with Gasteiger partial charge in [0.25, 0.3) is 0 Å². The van der Waals surface area contributed by atoms with Gasteiger partial charge in [-0.3, -0.25) is 9.59 Å². The number of ether oxygens (including phenoxy) is 1. The Kier molecular flexibility index (Phi) is 4.88. The molecule has 0 amide bonds. The van der Waals surface area contributed by atoms with Crippen LogP contribution in [0.1, 0.15) is 25.8 Å². The van der Waals surface area contributed by atoms with Crippen molar-refractivity contribution in [2.75, 3.05) is 7.11 Å². The number of rotatable bonds is 6. The van der Waals surface area contributed by atoms with Gasteiger partial charge in [0.05, 0.1) is 13.0 Å². The van der Waals surface area contributed by atoms with E-state index in [9.17, 15) is 9.59 Å². The molecule has 92 valence electrons. The molecule has 0 spiro atoms. The fourth-order valence-electron chi connectivity index (χ4n) is 1.83. The van der Waals surface area contributed by atoms with Gasteiger partial charge in [-0.25, -0.2) is 0 Å². The highest BCUT2D eigenvalue weighted by Crippen LogP contribution is 2.17. The Morgan fingerprint density at radius 1 is 1.24 bits per heavy atom. The molecule has 0 aliphatic rings. The van der Waals surface area contributed by atoms with Gasteiger partial charge < -0.3 is 4.74 Å². The first-order chi connectivity index (χ1) is 8.04. The topological polar surface area (TPSA) is 43.4 Å². The van der Waals surface area contributed by atoms with E-state index in [2.05, 4.69) is 0 Å². The standard InChI is InChI=1S/C14H18O3/c1-10(15)14(11(2)16)8-7-12-5-4-6-13(9-12)17-3/h4-6,9,14H,7-8H2,1-3H3. The van der Waals surface area contributed by atoms with Crippen LogP contribution in [-0.2, 0) is 16.0 Å². The lowest BCUT2D eigenvalue weighted by Crippen LogP contribution is -2.20. The maximum absolute atomic E-state index is 11.3. The van der Waals surface area contributed by atoms with Crippen LogP contribution in [0.4, 0.5) is 0 Å². The number of carbonyl (C=O) groups excluding carboxylic acids is 2. The van der Waals surface area contributed by atoms with E-state index >= 15 is 0 Å². The van der Waals surface area contributed by atoms with Crippen molar-refractivity contribution in [3.8, 4) is 5.75 Å². The van der Waals surface area contributed by atoms with Gasteiger partial charge in [-0.2, -0.15) is 0 Å². The van der Waals surface area contributed by atoms with Crippen molar-refractivity contribution in [1.82, 2.24) is 0 Å². The highest BCUT2D eigenvalue weighted by atomic mass is 16.5. The Bertz CT molecular complexity index is 396. The normalized spacial score (nSPS) is 10.4. The molecule has 3 nitrogen and oxygen atoms in total. The molecular weight excluding hydrogens is 216 g/mol. The molecule has 0 saturated heterocycles. The number of benzene rings is 1. The van der Waals surface area contributed by atoms with Crippen molar-refractivity contribution in [1.29, 1.82) is 0 Å². The Balaban J connectivity index is 2.65. The molecule has 0 heterocycles. The van der Waals surface area contributed by atoms with E-state index in [0.717, 1.165) is 11.3 Å². The van der Waals surface area contributed by atoms with Crippen LogP contribution in [0.25, 0.3) is 0 Å². The second-order valence-corrected chi connectivity index (χ2v) is 4.16. The first-order valence-corrected chi connectivity index (χ1v) is 5.68. The van der Waals surface area contributed by atoms with Crippen LogP contribution in [0.15, 0.2) is 24.3 Å². The zero-order chi connectivity index (χ0) is 12.8. The Hall–Kier alpha value is -1.64. The summed E-state index contributed by atoms with van der Waals surface area (Å²) in [6.45, 7) is 2.94. The monoisotopic (exact) mass is 234 g/mol. The molecule has 1 aromatic rings. The Morgan fingerprint density at radius 2 is 1.88 bits per heavy atom. The van der Waals surface area contributed by atoms with Crippen LogP contribution in [0, 0.1) is 5.92 Å². The minimum Gasteiger partial charge on any atom is -0.497 e. The third kappa shape index (κ3) is 4.02. The molecule has 0 bridgehead atoms. The summed E-state index contributed by atoms with van der Waals surface area (Å²) >= 11 is 0. The smallest absolute Gasteiger partial charge is 0.140 e. The van der Waals surface area contributed by atoms with Crippen molar-refractivity contribution in [3.05, 3.63) is 29.8 Å². The second-order valence-electron chi connectivity index (χ2n) is 4.16. The second kappa shape index (κ2) is 6.18. The molecule has 1 rings (SSSR count). The van der Waals surface area contributed by atoms with Gasteiger partial charge in [-0.15, -0.1) is 0 Å². The molecule has 0 N–H and O–H groups in total. The van der Waals surface area contributed by atoms with Crippen LogP contribution in [0.5, 0.6) is 5.75 Å². The summed E-state index contributed by atoms with van der Waals surface area (Å²) < 4.78 is 5.12. The van der Waals surface area contributed by atoms with E-state index in [1.54, 1.807) is 7.11 Å². The Morgan fingerprint density at radius 3 is 2.41 bits per heavy atom. The quantitative estimate of drug-likeness (QED) is 0.710. The zero-order valence-electron chi connectivity index (χ0n) is 10.5. The molecule has 0 unspecified atom stereocenters. The Labute approximate surface area is 102 Å². The molecule has 0 atom stereocenters. The lowest BCUT2D eigenvalue weighted by molar-refractivity contribution is -0.130. The van der Waals surface area contributed by atoms with E-state index in [4.69, 9.17) is 4.74 Å². The van der Waals surface area contributed by atoms with E-state index in [-0.39, 0.29) is 11.6 Å². The largest absolute Gasteiger partial charge is 0.497 e. The highest BCUT2D eigenvalue weighted by molar-refractivity contribution is 6.00. The third-order valence-corrected chi connectivity index (χ3v) is 2.84. The van der Waals surface area contributed by atoms with E-state index in [0.29, 0.717) is 12.8 Å². The van der Waals surface area contributed by atoms with Crippen molar-refractivity contribution in [2.24, 2.45) is 5.92 Å². The minimum atomic E-state index is -0.471. The molecule has 0 aliphatic carbocycles. The third-order valence-electron chi connectivity index (χ3n) is 2.84. The maximum Gasteiger partial charge on any atom is 0.140 e. The van der Waals surface area contributed by atoms with E-state index < -0.39 is 5.92 Å². The van der Waals surface area contributed by atoms with Gasteiger partial charge in [-0.05, 0) is 44.4 Å². The summed E-state index contributed by atoms with van der Waals surface area (Å²) in [6, 6.07) is 7.68. The van der Waals surface area contributed by atoms with Gasteiger partial charge >= 0.3 is 0 Å². The molecule has 3 heteroatoms. The van der Waals surface area contributed by atoms with Crippen molar-refractivity contribution in [3.63, 3.8) is 0 Å². The summed E-state index contributed by atoms with van der Waals surface area (Å²) in [5, 5.41) is 0. The first-order valence-electron chi connectivity index (χ1n) is 5.68. The number of Topliss-reactive ketones (excluding diaryl/α,β-unsaturated/α-hetero) is 2. The number of hydrogen-bond acceptors (Lipinski definition) is 3. The van der Waals surface area contributed by atoms with Crippen molar-refractivity contribution < 1.29 is 14.3 Å². The van der Waals surface area contributed by atoms with Crippen LogP contribution < -0.4 is 4.74 Å². The predicted molar refractivity (Wildman–Crippen MR) is 66.2 cm³/mol. The van der Waals surface area contributed by atoms with Gasteiger partial charge in [0, 0.05) is 0 Å². The predicted octanol–water partition coefficient (Wildman–Crippen LogP) is 2.42. The van der Waals surface area contributed by atoms with E-state index in [1.165, 1.54) is 13.8 Å². The summed E-state index contributed by atoms with van der Waals surface area (Å²) in [5.74, 6) is 0.215. The number of aryl methyl sites for hydroxylation is 1. The molecule has 0 fully saturated rings. The summed E-state index contributed by atoms with van der Waals surface area (Å²) in [4.78, 5) is 22.6. The number of carbonyl (C=O) groups is 2. The van der Waals surface area contributed by atoms with Crippen LogP contribution >= 0.6 is 0 Å². The first kappa shape index (κ1) is 13.4. The molecule has 17 heavy (non-hydrogen) atoms. The fraction of sp³-hybridized carbons (Fsp3) is 0.429. The molecule has 1 aromatic carbocycles. The molecule has 0 aromatic heterocycles. The van der Waals surface area contributed by atoms with Crippen LogP contribution in [0.2, 0.25) is 0 Å². The van der Waals surface area contributed by atoms with Crippen LogP contribution in [-0.4, -0.2) is 18.7 Å². The fourth-order valence-corrected chi connectivity index (χ4v) is 1.83. The maximum atomic E-state index is 11.3. The lowest BCUT2D eigenvalue weighted by Gasteiger charge is -2.10. The number of ketones is 2. The van der Waals surface area contributed by atoms with Crippen molar-refractivity contribution >= 4 is 11.6 Å². The van der Waals surface area contributed by atoms with Crippen LogP contribution in [0.3, 0.4) is 0 Å². The lowest BCUT2D eigenvalue weighted by atomic mass is 9.93. The molecular formula is C14H18O3. The van der Waals surface area contributed by atoms with E-state index in [1.807, 2.05) is 24.3 Å². The highest BCUT2D eigenvalue weighted by Gasteiger charge is 2.18. The summed E-state index contributed by atoms with van der Waals surface area (Å²) in [5.41, 5.74) is 1.08. The minimum absolute atomic E-state index is 0.0552. The molecule has 0 aliphatic heterocycles. The molecule has 0 saturated carbocycles. The zero-order valence-corrected chi connectivity index (χ0v) is 10.5. The van der Waals surface area contributed by atoms with Gasteiger partial charge in [0.2, 0.25) is 0 Å². The SMILES string of the molecule is COc1cccc(CCC(C(C)=O)C(C)=O)c1. The van der Waals surface area contributed by atoms with Gasteiger partial charge in [-0.1, -0.05) is 12.1 Å². The van der Waals surface area contributed by atoms with Gasteiger partial charge in [0.1, 0.15) is 17.3 Å². The average molecular weight is 234 g/mol. The number of hydrogen-bond donors (Lipinski definition) is 0. The summed E-state index contributed by atoms with van der Waals surface area (Å²) in [7, 11) is 1.62. The van der Waals surface area contributed by atoms with Gasteiger partial charge in [0.15, 0.2) is 0 Å². The average Bonchev–Trinajstić information content (AvgIpc) is 2.28. The van der Waals surface area contributed by atoms with Crippen molar-refractivity contribution in [2.45, 2.75) is 26.7 Å². The number of methoxy groups -OCH3 is 1.